The minimum absolute atomic E-state index is 0.665. The molecule has 64 heavy (non-hydrogen) atoms. The molecule has 0 bridgehead atoms. The minimum atomic E-state index is 0.665. The van der Waals surface area contributed by atoms with Crippen LogP contribution in [0.25, 0.3) is 77.6 Å². The van der Waals surface area contributed by atoms with Crippen LogP contribution < -0.4 is 5.32 Å². The zero-order chi connectivity index (χ0) is 43.0. The third-order valence-electron chi connectivity index (χ3n) is 13.4. The van der Waals surface area contributed by atoms with Gasteiger partial charge in [0.2, 0.25) is 0 Å². The van der Waals surface area contributed by atoms with E-state index in [2.05, 4.69) is 129 Å². The summed E-state index contributed by atoms with van der Waals surface area (Å²) in [5, 5.41) is 15.0. The van der Waals surface area contributed by atoms with E-state index in [1.165, 1.54) is 67.2 Å². The monoisotopic (exact) mass is 837 g/mol. The maximum absolute atomic E-state index is 4.82. The second-order valence-corrected chi connectivity index (χ2v) is 17.6. The molecular formula is C55H51N9. The van der Waals surface area contributed by atoms with E-state index < -0.39 is 0 Å². The first-order valence-corrected chi connectivity index (χ1v) is 22.8. The van der Waals surface area contributed by atoms with Crippen molar-refractivity contribution in [2.45, 2.75) is 70.6 Å². The number of fused-ring (bicyclic) bond motifs is 4. The van der Waals surface area contributed by atoms with Crippen LogP contribution in [-0.4, -0.2) is 52.3 Å². The Balaban J connectivity index is 0.000000143. The fraction of sp³-hybridized carbons (Fsp3) is 0.236. The number of nitrogens with zero attached hydrogens (tertiary/aromatic N) is 8. The number of pyridine rings is 2. The normalized spacial score (nSPS) is 14.9. The molecular weight excluding hydrogens is 787 g/mol. The molecule has 0 amide bonds. The van der Waals surface area contributed by atoms with Gasteiger partial charge in [0, 0.05) is 69.2 Å². The number of aromatic nitrogens is 8. The van der Waals surface area contributed by atoms with Gasteiger partial charge in [-0.3, -0.25) is 9.97 Å². The smallest absolute Gasteiger partial charge is 0.162 e. The molecule has 7 heterocycles. The van der Waals surface area contributed by atoms with Crippen molar-refractivity contribution < 1.29 is 0 Å². The molecule has 0 atom stereocenters. The second kappa shape index (κ2) is 17.2. The standard InChI is InChI=1S/C28H26N4.C27H25N5/c1-19-15-25(24-9-5-6-10-27(24)31-19)26-17-30-32-18-23(16-29-28(26)32)22-13-11-21(12-14-22)20-7-3-2-4-8-20;1-18-14-24(23-4-2-3-5-26(23)31-18)25-16-30-32-17-22(15-29-27(25)32)20-8-6-19(7-9-20)21-10-12-28-13-11-21/h5-6,9-18,20H,2-4,7-8H2,1H3;2-9,14-17,21,28H,10-13H2,1H3. The quantitative estimate of drug-likeness (QED) is 0.178. The summed E-state index contributed by atoms with van der Waals surface area (Å²) in [6.45, 7) is 6.28. The van der Waals surface area contributed by atoms with Crippen LogP contribution >= 0.6 is 0 Å². The number of piperidine rings is 1. The molecule has 10 aromatic rings. The molecule has 1 N–H and O–H groups in total. The predicted molar refractivity (Wildman–Crippen MR) is 258 cm³/mol. The highest BCUT2D eigenvalue weighted by molar-refractivity contribution is 5.99. The molecule has 1 aliphatic heterocycles. The van der Waals surface area contributed by atoms with E-state index in [9.17, 15) is 0 Å². The topological polar surface area (TPSA) is 98.2 Å². The van der Waals surface area contributed by atoms with Crippen LogP contribution in [0, 0.1) is 13.8 Å². The molecule has 9 heteroatoms. The average molecular weight is 838 g/mol. The summed E-state index contributed by atoms with van der Waals surface area (Å²) in [6, 6.07) is 38.8. The molecule has 1 saturated heterocycles. The van der Waals surface area contributed by atoms with Gasteiger partial charge in [0.1, 0.15) is 0 Å². The SMILES string of the molecule is Cc1cc(-c2cnn3cc(-c4ccc(C5CCCCC5)cc4)cnc23)c2ccccc2n1.Cc1cc(-c2cnn3cc(-c4ccc(C5CCNCC5)cc4)cnc23)c2ccccc2n1. The zero-order valence-electron chi connectivity index (χ0n) is 36.5. The molecule has 0 spiro atoms. The lowest BCUT2D eigenvalue weighted by atomic mass is 9.84. The van der Waals surface area contributed by atoms with Crippen LogP contribution in [0.15, 0.2) is 146 Å². The Morgan fingerprint density at radius 2 is 0.922 bits per heavy atom. The van der Waals surface area contributed by atoms with Crippen LogP contribution in [0.5, 0.6) is 0 Å². The Bertz CT molecular complexity index is 3040. The first-order chi connectivity index (χ1) is 31.5. The Morgan fingerprint density at radius 1 is 0.469 bits per heavy atom. The molecule has 6 aromatic heterocycles. The van der Waals surface area contributed by atoms with Gasteiger partial charge in [-0.05, 0) is 122 Å². The van der Waals surface area contributed by atoms with Crippen LogP contribution in [0.1, 0.15) is 79.3 Å². The summed E-state index contributed by atoms with van der Waals surface area (Å²) in [5.41, 5.74) is 17.4. The largest absolute Gasteiger partial charge is 0.317 e. The van der Waals surface area contributed by atoms with E-state index >= 15 is 0 Å². The van der Waals surface area contributed by atoms with Crippen molar-refractivity contribution in [3.63, 3.8) is 0 Å². The van der Waals surface area contributed by atoms with Crippen LogP contribution in [0.3, 0.4) is 0 Å². The Hall–Kier alpha value is -7.10. The fourth-order valence-corrected chi connectivity index (χ4v) is 9.98. The second-order valence-electron chi connectivity index (χ2n) is 17.6. The molecule has 0 radical (unpaired) electrons. The molecule has 316 valence electrons. The number of nitrogens with one attached hydrogen (secondary N) is 1. The summed E-state index contributed by atoms with van der Waals surface area (Å²) < 4.78 is 3.78. The molecule has 12 rings (SSSR count). The van der Waals surface area contributed by atoms with E-state index in [0.29, 0.717) is 5.92 Å². The summed E-state index contributed by atoms with van der Waals surface area (Å²) in [5.74, 6) is 1.39. The van der Waals surface area contributed by atoms with E-state index in [0.717, 1.165) is 96.9 Å². The van der Waals surface area contributed by atoms with Crippen molar-refractivity contribution in [2.75, 3.05) is 13.1 Å². The third-order valence-corrected chi connectivity index (χ3v) is 13.4. The number of rotatable bonds is 6. The van der Waals surface area contributed by atoms with Gasteiger partial charge in [-0.15, -0.1) is 0 Å². The number of benzene rings is 4. The first kappa shape index (κ1) is 39.7. The van der Waals surface area contributed by atoms with Gasteiger partial charge in [-0.25, -0.2) is 19.0 Å². The summed E-state index contributed by atoms with van der Waals surface area (Å²) in [6.07, 6.45) is 21.1. The highest BCUT2D eigenvalue weighted by atomic mass is 15.2. The van der Waals surface area contributed by atoms with Gasteiger partial charge in [0.05, 0.1) is 23.4 Å². The lowest BCUT2D eigenvalue weighted by Gasteiger charge is -2.23. The number of aryl methyl sites for hydroxylation is 2. The van der Waals surface area contributed by atoms with Gasteiger partial charge in [0.25, 0.3) is 0 Å². The molecule has 2 fully saturated rings. The lowest BCUT2D eigenvalue weighted by Crippen LogP contribution is -2.26. The summed E-state index contributed by atoms with van der Waals surface area (Å²) >= 11 is 0. The molecule has 2 aliphatic rings. The van der Waals surface area contributed by atoms with E-state index in [4.69, 9.17) is 9.97 Å². The van der Waals surface area contributed by atoms with Crippen LogP contribution in [-0.2, 0) is 0 Å². The summed E-state index contributed by atoms with van der Waals surface area (Å²) in [4.78, 5) is 19.0. The van der Waals surface area contributed by atoms with Crippen molar-refractivity contribution in [3.05, 3.63) is 169 Å². The average Bonchev–Trinajstić information content (AvgIpc) is 3.98. The third kappa shape index (κ3) is 7.81. The predicted octanol–water partition coefficient (Wildman–Crippen LogP) is 12.4. The van der Waals surface area contributed by atoms with Crippen molar-refractivity contribution in [3.8, 4) is 44.5 Å². The highest BCUT2D eigenvalue weighted by Crippen LogP contribution is 2.36. The number of hydrogen-bond acceptors (Lipinski definition) is 7. The molecule has 4 aromatic carbocycles. The maximum atomic E-state index is 4.82. The van der Waals surface area contributed by atoms with Gasteiger partial charge >= 0.3 is 0 Å². The van der Waals surface area contributed by atoms with Gasteiger partial charge in [-0.1, -0.05) is 104 Å². The minimum Gasteiger partial charge on any atom is -0.317 e. The fourth-order valence-electron chi connectivity index (χ4n) is 9.98. The molecule has 9 nitrogen and oxygen atoms in total. The van der Waals surface area contributed by atoms with Crippen LogP contribution in [0.2, 0.25) is 0 Å². The van der Waals surface area contributed by atoms with Gasteiger partial charge < -0.3 is 5.32 Å². The van der Waals surface area contributed by atoms with E-state index in [1.807, 2.05) is 65.9 Å². The Morgan fingerprint density at radius 3 is 1.41 bits per heavy atom. The van der Waals surface area contributed by atoms with Crippen molar-refractivity contribution in [1.29, 1.82) is 0 Å². The van der Waals surface area contributed by atoms with E-state index in [-0.39, 0.29) is 0 Å². The maximum Gasteiger partial charge on any atom is 0.162 e. The Labute approximate surface area is 373 Å². The zero-order valence-corrected chi connectivity index (χ0v) is 36.5. The molecule has 0 unspecified atom stereocenters. The highest BCUT2D eigenvalue weighted by Gasteiger charge is 2.19. The van der Waals surface area contributed by atoms with Crippen LogP contribution in [0.4, 0.5) is 0 Å². The lowest BCUT2D eigenvalue weighted by molar-refractivity contribution is 0.443. The summed E-state index contributed by atoms with van der Waals surface area (Å²) in [7, 11) is 0. The molecule has 1 saturated carbocycles. The van der Waals surface area contributed by atoms with Crippen molar-refractivity contribution >= 4 is 33.1 Å². The van der Waals surface area contributed by atoms with E-state index in [1.54, 1.807) is 0 Å². The van der Waals surface area contributed by atoms with Crippen molar-refractivity contribution in [2.24, 2.45) is 0 Å². The first-order valence-electron chi connectivity index (χ1n) is 22.8. The molecule has 1 aliphatic carbocycles. The number of para-hydroxylation sites is 2. The Kier molecular flexibility index (Phi) is 10.7. The van der Waals surface area contributed by atoms with Crippen molar-refractivity contribution in [1.82, 2.24) is 44.5 Å². The number of hydrogen-bond donors (Lipinski definition) is 1. The van der Waals surface area contributed by atoms with Gasteiger partial charge in [-0.2, -0.15) is 10.2 Å². The van der Waals surface area contributed by atoms with Gasteiger partial charge in [0.15, 0.2) is 11.3 Å².